The number of pyridine rings is 1. The first-order valence-electron chi connectivity index (χ1n) is 12.8. The summed E-state index contributed by atoms with van der Waals surface area (Å²) in [5.74, 6) is 0.425. The van der Waals surface area contributed by atoms with Crippen molar-refractivity contribution in [3.63, 3.8) is 0 Å². The first-order chi connectivity index (χ1) is 18.3. The van der Waals surface area contributed by atoms with E-state index in [1.54, 1.807) is 9.47 Å². The molecule has 0 saturated carbocycles. The number of amides is 1. The van der Waals surface area contributed by atoms with Crippen LogP contribution in [0.1, 0.15) is 25.0 Å². The summed E-state index contributed by atoms with van der Waals surface area (Å²) in [7, 11) is 0. The van der Waals surface area contributed by atoms with Crippen LogP contribution in [0.2, 0.25) is 5.02 Å². The van der Waals surface area contributed by atoms with Crippen LogP contribution in [0.25, 0.3) is 28.0 Å². The SMILES string of the molecule is C=CC(=O)N1CCN(c2nc(=O)n(-c3c(C)cccc3CC)c3nc(-c4ccccc4)c(Cl)cc23)[C@@H](C)C1. The largest absolute Gasteiger partial charge is 0.355 e. The number of nitrogens with zero attached hydrogens (tertiary/aromatic N) is 5. The van der Waals surface area contributed by atoms with E-state index in [9.17, 15) is 9.59 Å². The summed E-state index contributed by atoms with van der Waals surface area (Å²) in [6, 6.07) is 17.5. The van der Waals surface area contributed by atoms with E-state index in [2.05, 4.69) is 23.4 Å². The van der Waals surface area contributed by atoms with Gasteiger partial charge in [0.2, 0.25) is 5.91 Å². The smallest absolute Gasteiger partial charge is 0.350 e. The third-order valence-corrected chi connectivity index (χ3v) is 7.45. The predicted molar refractivity (Wildman–Crippen MR) is 153 cm³/mol. The highest BCUT2D eigenvalue weighted by Crippen LogP contribution is 2.35. The Morgan fingerprint density at radius 2 is 1.89 bits per heavy atom. The van der Waals surface area contributed by atoms with Crippen LogP contribution in [0.5, 0.6) is 0 Å². The third kappa shape index (κ3) is 4.47. The van der Waals surface area contributed by atoms with Gasteiger partial charge in [-0.25, -0.2) is 14.3 Å². The summed E-state index contributed by atoms with van der Waals surface area (Å²) in [5, 5.41) is 1.17. The van der Waals surface area contributed by atoms with Crippen LogP contribution in [-0.2, 0) is 11.2 Å². The maximum atomic E-state index is 13.9. The molecular formula is C30H30ClN5O2. The van der Waals surface area contributed by atoms with E-state index < -0.39 is 5.69 Å². The molecule has 2 aromatic heterocycles. The number of carbonyl (C=O) groups is 1. The maximum Gasteiger partial charge on any atom is 0.355 e. The van der Waals surface area contributed by atoms with Crippen LogP contribution in [0.15, 0.2) is 72.0 Å². The minimum atomic E-state index is -0.401. The summed E-state index contributed by atoms with van der Waals surface area (Å²) in [5.41, 5.74) is 4.36. The highest BCUT2D eigenvalue weighted by molar-refractivity contribution is 6.33. The van der Waals surface area contributed by atoms with E-state index in [-0.39, 0.29) is 11.9 Å². The average Bonchev–Trinajstić information content (AvgIpc) is 2.93. The standard InChI is InChI=1S/C30H30ClN5O2/c1-5-21-14-10-11-19(3)27(21)36-29-23(17-24(31)26(32-29)22-12-8-7-9-13-22)28(33-30(36)38)35-16-15-34(18-20(35)4)25(37)6-2/h6-14,17,20H,2,5,15-16,18H2,1,3-4H3/t20-/m0/s1. The molecule has 4 aromatic rings. The number of benzene rings is 2. The maximum absolute atomic E-state index is 13.9. The Bertz CT molecular complexity index is 1600. The molecule has 5 rings (SSSR count). The zero-order valence-electron chi connectivity index (χ0n) is 21.8. The van der Waals surface area contributed by atoms with Crippen LogP contribution < -0.4 is 10.6 Å². The highest BCUT2D eigenvalue weighted by atomic mass is 35.5. The Hall–Kier alpha value is -3.97. The van der Waals surface area contributed by atoms with E-state index in [1.165, 1.54) is 6.08 Å². The summed E-state index contributed by atoms with van der Waals surface area (Å²) >= 11 is 6.84. The number of hydrogen-bond donors (Lipinski definition) is 0. The summed E-state index contributed by atoms with van der Waals surface area (Å²) in [6.07, 6.45) is 2.08. The number of aromatic nitrogens is 3. The van der Waals surface area contributed by atoms with Crippen molar-refractivity contribution in [2.75, 3.05) is 24.5 Å². The van der Waals surface area contributed by atoms with Crippen LogP contribution in [0.4, 0.5) is 5.82 Å². The second-order valence-corrected chi connectivity index (χ2v) is 9.98. The lowest BCUT2D eigenvalue weighted by molar-refractivity contribution is -0.126. The second-order valence-electron chi connectivity index (χ2n) is 9.58. The Morgan fingerprint density at radius 1 is 1.13 bits per heavy atom. The van der Waals surface area contributed by atoms with Crippen molar-refractivity contribution in [1.29, 1.82) is 0 Å². The highest BCUT2D eigenvalue weighted by Gasteiger charge is 2.30. The van der Waals surface area contributed by atoms with E-state index in [0.717, 1.165) is 28.8 Å². The van der Waals surface area contributed by atoms with E-state index in [4.69, 9.17) is 16.6 Å². The van der Waals surface area contributed by atoms with Gasteiger partial charge in [0.15, 0.2) is 5.65 Å². The van der Waals surface area contributed by atoms with Crippen LogP contribution >= 0.6 is 11.6 Å². The zero-order chi connectivity index (χ0) is 27.0. The summed E-state index contributed by atoms with van der Waals surface area (Å²) in [6.45, 7) is 11.2. The zero-order valence-corrected chi connectivity index (χ0v) is 22.6. The first-order valence-corrected chi connectivity index (χ1v) is 13.2. The minimum Gasteiger partial charge on any atom is -0.350 e. The van der Waals surface area contributed by atoms with Gasteiger partial charge >= 0.3 is 5.69 Å². The van der Waals surface area contributed by atoms with Gasteiger partial charge in [-0.1, -0.05) is 73.6 Å². The van der Waals surface area contributed by atoms with Gasteiger partial charge in [0, 0.05) is 31.2 Å². The molecule has 1 fully saturated rings. The fourth-order valence-corrected chi connectivity index (χ4v) is 5.51. The molecule has 3 heterocycles. The molecule has 1 amide bonds. The van der Waals surface area contributed by atoms with E-state index >= 15 is 0 Å². The van der Waals surface area contributed by atoms with Crippen molar-refractivity contribution >= 4 is 34.4 Å². The Balaban J connectivity index is 1.78. The van der Waals surface area contributed by atoms with Gasteiger partial charge in [0.1, 0.15) is 5.82 Å². The normalized spacial score (nSPS) is 15.6. The van der Waals surface area contributed by atoms with E-state index in [1.807, 2.05) is 68.4 Å². The molecular weight excluding hydrogens is 498 g/mol. The minimum absolute atomic E-state index is 0.0733. The number of rotatable bonds is 5. The number of carbonyl (C=O) groups excluding carboxylic acids is 1. The fraction of sp³-hybridized carbons (Fsp3) is 0.267. The molecule has 0 bridgehead atoms. The topological polar surface area (TPSA) is 71.3 Å². The summed E-state index contributed by atoms with van der Waals surface area (Å²) < 4.78 is 1.62. The molecule has 2 aromatic carbocycles. The second kappa shape index (κ2) is 10.4. The molecule has 0 N–H and O–H groups in total. The van der Waals surface area contributed by atoms with Gasteiger partial charge in [0.05, 0.1) is 21.8 Å². The molecule has 1 saturated heterocycles. The molecule has 0 radical (unpaired) electrons. The molecule has 194 valence electrons. The van der Waals surface area contributed by atoms with Crippen LogP contribution in [0, 0.1) is 6.92 Å². The lowest BCUT2D eigenvalue weighted by Crippen LogP contribution is -2.54. The van der Waals surface area contributed by atoms with Gasteiger partial charge in [-0.15, -0.1) is 0 Å². The van der Waals surface area contributed by atoms with Crippen LogP contribution in [-0.4, -0.2) is 51.0 Å². The number of halogens is 1. The number of piperazine rings is 1. The van der Waals surface area contributed by atoms with Gasteiger partial charge in [-0.2, -0.15) is 4.98 Å². The summed E-state index contributed by atoms with van der Waals surface area (Å²) in [4.78, 5) is 39.5. The number of aryl methyl sites for hydroxylation is 2. The lowest BCUT2D eigenvalue weighted by atomic mass is 10.0. The molecule has 38 heavy (non-hydrogen) atoms. The molecule has 1 aliphatic rings. The van der Waals surface area contributed by atoms with Gasteiger partial charge in [-0.05, 0) is 43.5 Å². The van der Waals surface area contributed by atoms with Gasteiger partial charge in [0.25, 0.3) is 0 Å². The van der Waals surface area contributed by atoms with E-state index in [0.29, 0.717) is 47.2 Å². The number of para-hydroxylation sites is 1. The van der Waals surface area contributed by atoms with Gasteiger partial charge < -0.3 is 9.80 Å². The van der Waals surface area contributed by atoms with Crippen molar-refractivity contribution in [3.05, 3.63) is 93.9 Å². The number of fused-ring (bicyclic) bond motifs is 1. The van der Waals surface area contributed by atoms with Crippen molar-refractivity contribution in [1.82, 2.24) is 19.4 Å². The Morgan fingerprint density at radius 3 is 2.58 bits per heavy atom. The quantitative estimate of drug-likeness (QED) is 0.334. The molecule has 0 aliphatic carbocycles. The molecule has 0 spiro atoms. The van der Waals surface area contributed by atoms with Crippen molar-refractivity contribution < 1.29 is 4.79 Å². The predicted octanol–water partition coefficient (Wildman–Crippen LogP) is 5.20. The van der Waals surface area contributed by atoms with Gasteiger partial charge in [-0.3, -0.25) is 4.79 Å². The molecule has 1 atom stereocenters. The molecule has 7 nitrogen and oxygen atoms in total. The lowest BCUT2D eigenvalue weighted by Gasteiger charge is -2.40. The molecule has 0 unspecified atom stereocenters. The van der Waals surface area contributed by atoms with Crippen molar-refractivity contribution in [2.45, 2.75) is 33.2 Å². The molecule has 8 heteroatoms. The average molecular weight is 528 g/mol. The third-order valence-electron chi connectivity index (χ3n) is 7.16. The molecule has 1 aliphatic heterocycles. The first kappa shape index (κ1) is 25.7. The Kier molecular flexibility index (Phi) is 7.04. The fourth-order valence-electron chi connectivity index (χ4n) is 5.25. The monoisotopic (exact) mass is 527 g/mol. The Labute approximate surface area is 227 Å². The number of anilines is 1. The van der Waals surface area contributed by atoms with Crippen molar-refractivity contribution in [2.24, 2.45) is 0 Å². The number of hydrogen-bond acceptors (Lipinski definition) is 5. The van der Waals surface area contributed by atoms with Crippen LogP contribution in [0.3, 0.4) is 0 Å². The van der Waals surface area contributed by atoms with Crippen molar-refractivity contribution in [3.8, 4) is 16.9 Å².